The molecule has 0 bridgehead atoms. The van der Waals surface area contributed by atoms with Gasteiger partial charge in [0.05, 0.1) is 17.7 Å². The number of sulfonamides is 1. The second-order valence-electron chi connectivity index (χ2n) is 4.49. The van der Waals surface area contributed by atoms with Gasteiger partial charge in [0, 0.05) is 5.56 Å². The van der Waals surface area contributed by atoms with Crippen LogP contribution in [0.25, 0.3) is 0 Å². The minimum absolute atomic E-state index is 0.169. The Morgan fingerprint density at radius 2 is 1.71 bits per heavy atom. The van der Waals surface area contributed by atoms with E-state index in [2.05, 4.69) is 5.10 Å². The highest BCUT2D eigenvalue weighted by atomic mass is 32.2. The Kier molecular flexibility index (Phi) is 3.62. The number of rotatable bonds is 4. The largest absolute Gasteiger partial charge is 0.492 e. The molecule has 0 aromatic heterocycles. The molecule has 0 saturated carbocycles. The van der Waals surface area contributed by atoms with E-state index in [0.717, 1.165) is 4.41 Å². The van der Waals surface area contributed by atoms with Gasteiger partial charge in [0.25, 0.3) is 10.0 Å². The molecule has 3 rings (SSSR count). The predicted molar refractivity (Wildman–Crippen MR) is 79.9 cm³/mol. The highest BCUT2D eigenvalue weighted by Crippen LogP contribution is 2.23. The van der Waals surface area contributed by atoms with Crippen molar-refractivity contribution in [2.24, 2.45) is 5.10 Å². The lowest BCUT2D eigenvalue weighted by Gasteiger charge is -2.23. The molecular weight excluding hydrogens is 288 g/mol. The molecule has 0 radical (unpaired) electrons. The summed E-state index contributed by atoms with van der Waals surface area (Å²) in [6, 6.07) is 16.1. The van der Waals surface area contributed by atoms with Crippen LogP contribution >= 0.6 is 0 Å². The fourth-order valence-corrected chi connectivity index (χ4v) is 3.44. The van der Waals surface area contributed by atoms with Crippen LogP contribution in [0.2, 0.25) is 0 Å². The quantitative estimate of drug-likeness (QED) is 0.869. The van der Waals surface area contributed by atoms with E-state index in [4.69, 9.17) is 4.74 Å². The minimum atomic E-state index is -3.58. The molecule has 6 heteroatoms. The maximum absolute atomic E-state index is 12.4. The van der Waals surface area contributed by atoms with E-state index in [1.807, 2.05) is 30.3 Å². The summed E-state index contributed by atoms with van der Waals surface area (Å²) in [5, 5.41) is 4.00. The van der Waals surface area contributed by atoms with Crippen LogP contribution in [0, 0.1) is 0 Å². The van der Waals surface area contributed by atoms with Gasteiger partial charge >= 0.3 is 0 Å². The van der Waals surface area contributed by atoms with Gasteiger partial charge in [-0.15, -0.1) is 0 Å². The Morgan fingerprint density at radius 3 is 2.52 bits per heavy atom. The van der Waals surface area contributed by atoms with E-state index in [-0.39, 0.29) is 18.0 Å². The number of hydrogen-bond acceptors (Lipinski definition) is 4. The van der Waals surface area contributed by atoms with Crippen molar-refractivity contribution in [1.29, 1.82) is 0 Å². The maximum Gasteiger partial charge on any atom is 0.279 e. The summed E-state index contributed by atoms with van der Waals surface area (Å²) < 4.78 is 31.4. The standard InChI is InChI=1S/C15H14N2O3S/c18-21(19)15-9-5-4-6-13(15)12-16-17(21)10-11-20-14-7-2-1-3-8-14/h1-9,12H,10-11H2. The van der Waals surface area contributed by atoms with Crippen LogP contribution < -0.4 is 4.74 Å². The average Bonchev–Trinajstić information content (AvgIpc) is 2.51. The molecule has 1 aliphatic heterocycles. The van der Waals surface area contributed by atoms with Crippen molar-refractivity contribution in [3.8, 4) is 5.75 Å². The van der Waals surface area contributed by atoms with Crippen molar-refractivity contribution in [1.82, 2.24) is 4.41 Å². The summed E-state index contributed by atoms with van der Waals surface area (Å²) in [7, 11) is -3.58. The van der Waals surface area contributed by atoms with Gasteiger partial charge in [0.15, 0.2) is 0 Å². The number of fused-ring (bicyclic) bond motifs is 1. The number of ether oxygens (including phenoxy) is 1. The Bertz CT molecular complexity index is 757. The number of benzene rings is 2. The zero-order valence-electron chi connectivity index (χ0n) is 11.2. The first kappa shape index (κ1) is 13.6. The van der Waals surface area contributed by atoms with E-state index >= 15 is 0 Å². The van der Waals surface area contributed by atoms with Crippen LogP contribution in [0.3, 0.4) is 0 Å². The molecule has 0 amide bonds. The highest BCUT2D eigenvalue weighted by Gasteiger charge is 2.28. The first-order valence-corrected chi connectivity index (χ1v) is 7.95. The Labute approximate surface area is 123 Å². The van der Waals surface area contributed by atoms with Crippen LogP contribution in [-0.2, 0) is 10.0 Å². The molecule has 0 atom stereocenters. The third-order valence-corrected chi connectivity index (χ3v) is 4.85. The number of hydrogen-bond donors (Lipinski definition) is 0. The molecule has 108 valence electrons. The fraction of sp³-hybridized carbons (Fsp3) is 0.133. The zero-order chi connectivity index (χ0) is 14.7. The van der Waals surface area contributed by atoms with Gasteiger partial charge in [-0.2, -0.15) is 17.9 Å². The topological polar surface area (TPSA) is 59.0 Å². The Hall–Kier alpha value is -2.34. The molecule has 5 nitrogen and oxygen atoms in total. The number of hydrazone groups is 1. The van der Waals surface area contributed by atoms with Crippen LogP contribution in [0.4, 0.5) is 0 Å². The monoisotopic (exact) mass is 302 g/mol. The molecule has 1 heterocycles. The summed E-state index contributed by atoms with van der Waals surface area (Å²) >= 11 is 0. The van der Waals surface area contributed by atoms with Crippen molar-refractivity contribution in [3.05, 3.63) is 60.2 Å². The Morgan fingerprint density at radius 1 is 1.00 bits per heavy atom. The van der Waals surface area contributed by atoms with E-state index in [1.165, 1.54) is 0 Å². The van der Waals surface area contributed by atoms with Gasteiger partial charge in [-0.05, 0) is 18.2 Å². The van der Waals surface area contributed by atoms with Gasteiger partial charge < -0.3 is 4.74 Å². The number of nitrogens with zero attached hydrogens (tertiary/aromatic N) is 2. The second kappa shape index (κ2) is 5.57. The predicted octanol–water partition coefficient (Wildman–Crippen LogP) is 2.10. The summed E-state index contributed by atoms with van der Waals surface area (Å²) in [6.07, 6.45) is 1.55. The third-order valence-electron chi connectivity index (χ3n) is 3.09. The van der Waals surface area contributed by atoms with Gasteiger partial charge in [-0.3, -0.25) is 0 Å². The summed E-state index contributed by atoms with van der Waals surface area (Å²) in [6.45, 7) is 0.408. The molecular formula is C15H14N2O3S. The summed E-state index contributed by atoms with van der Waals surface area (Å²) in [4.78, 5) is 0.278. The summed E-state index contributed by atoms with van der Waals surface area (Å²) in [5.41, 5.74) is 0.609. The van der Waals surface area contributed by atoms with Crippen molar-refractivity contribution in [3.63, 3.8) is 0 Å². The van der Waals surface area contributed by atoms with E-state index in [0.29, 0.717) is 11.3 Å². The molecule has 21 heavy (non-hydrogen) atoms. The molecule has 2 aromatic rings. The van der Waals surface area contributed by atoms with Gasteiger partial charge in [-0.25, -0.2) is 0 Å². The first-order chi connectivity index (χ1) is 10.2. The van der Waals surface area contributed by atoms with Gasteiger partial charge in [0.1, 0.15) is 12.4 Å². The molecule has 0 saturated heterocycles. The second-order valence-corrected chi connectivity index (χ2v) is 6.31. The molecule has 1 aliphatic rings. The smallest absolute Gasteiger partial charge is 0.279 e. The van der Waals surface area contributed by atoms with Crippen molar-refractivity contribution >= 4 is 16.2 Å². The van der Waals surface area contributed by atoms with Crippen molar-refractivity contribution < 1.29 is 13.2 Å². The average molecular weight is 302 g/mol. The normalized spacial score (nSPS) is 15.5. The molecule has 0 unspecified atom stereocenters. The van der Waals surface area contributed by atoms with E-state index in [9.17, 15) is 8.42 Å². The number of para-hydroxylation sites is 1. The zero-order valence-corrected chi connectivity index (χ0v) is 12.0. The van der Waals surface area contributed by atoms with Crippen molar-refractivity contribution in [2.75, 3.05) is 13.2 Å². The van der Waals surface area contributed by atoms with Crippen LogP contribution in [0.5, 0.6) is 5.75 Å². The Balaban J connectivity index is 1.71. The lowest BCUT2D eigenvalue weighted by molar-refractivity contribution is 0.276. The lowest BCUT2D eigenvalue weighted by atomic mass is 10.2. The molecule has 0 aliphatic carbocycles. The van der Waals surface area contributed by atoms with Crippen LogP contribution in [0.15, 0.2) is 64.6 Å². The lowest BCUT2D eigenvalue weighted by Crippen LogP contribution is -2.33. The van der Waals surface area contributed by atoms with Crippen molar-refractivity contribution in [2.45, 2.75) is 4.90 Å². The first-order valence-electron chi connectivity index (χ1n) is 6.51. The van der Waals surface area contributed by atoms with E-state index < -0.39 is 10.0 Å². The van der Waals surface area contributed by atoms with Gasteiger partial charge in [0.2, 0.25) is 0 Å². The molecule has 0 N–H and O–H groups in total. The fourth-order valence-electron chi connectivity index (χ4n) is 2.06. The molecule has 0 fully saturated rings. The SMILES string of the molecule is O=S1(=O)c2ccccc2C=NN1CCOc1ccccc1. The molecule has 2 aromatic carbocycles. The highest BCUT2D eigenvalue weighted by molar-refractivity contribution is 7.89. The van der Waals surface area contributed by atoms with Crippen LogP contribution in [0.1, 0.15) is 5.56 Å². The molecule has 0 spiro atoms. The summed E-state index contributed by atoms with van der Waals surface area (Å²) in [5.74, 6) is 0.705. The van der Waals surface area contributed by atoms with E-state index in [1.54, 1.807) is 30.5 Å². The minimum Gasteiger partial charge on any atom is -0.492 e. The van der Waals surface area contributed by atoms with Crippen LogP contribution in [-0.4, -0.2) is 32.2 Å². The van der Waals surface area contributed by atoms with Gasteiger partial charge in [-0.1, -0.05) is 36.4 Å². The maximum atomic E-state index is 12.4. The third kappa shape index (κ3) is 2.75.